The van der Waals surface area contributed by atoms with E-state index in [4.69, 9.17) is 26.8 Å². The molecule has 2 aromatic carbocycles. The fourth-order valence-corrected chi connectivity index (χ4v) is 2.27. The number of benzene rings is 2. The predicted molar refractivity (Wildman–Crippen MR) is 100 cm³/mol. The van der Waals surface area contributed by atoms with Crippen molar-refractivity contribution in [3.8, 4) is 11.5 Å². The van der Waals surface area contributed by atoms with E-state index in [1.807, 2.05) is 45.0 Å². The fraction of sp³-hybridized carbons (Fsp3) is 0.316. The van der Waals surface area contributed by atoms with Gasteiger partial charge in [0, 0.05) is 17.6 Å². The van der Waals surface area contributed by atoms with Crippen molar-refractivity contribution >= 4 is 23.4 Å². The van der Waals surface area contributed by atoms with E-state index in [2.05, 4.69) is 5.32 Å². The Bertz CT molecular complexity index is 742. The van der Waals surface area contributed by atoms with Crippen LogP contribution in [0.4, 0.5) is 10.5 Å². The number of nitrogens with one attached hydrogen (secondary N) is 1. The second-order valence-electron chi connectivity index (χ2n) is 6.61. The summed E-state index contributed by atoms with van der Waals surface area (Å²) in [6.07, 6.45) is 0.230. The predicted octanol–water partition coefficient (Wildman–Crippen LogP) is 4.78. The Morgan fingerprint density at radius 2 is 1.96 bits per heavy atom. The van der Waals surface area contributed by atoms with E-state index in [-0.39, 0.29) is 0 Å². The monoisotopic (exact) mass is 362 g/mol. The third-order valence-corrected chi connectivity index (χ3v) is 3.42. The van der Waals surface area contributed by atoms with E-state index in [1.165, 1.54) is 0 Å². The molecule has 0 aliphatic heterocycles. The number of nitrogen functional groups attached to an aromatic ring is 1. The highest BCUT2D eigenvalue weighted by Crippen LogP contribution is 2.30. The van der Waals surface area contributed by atoms with Gasteiger partial charge in [-0.1, -0.05) is 23.7 Å². The number of anilines is 1. The zero-order valence-electron chi connectivity index (χ0n) is 14.6. The molecule has 0 aliphatic rings. The number of hydrogen-bond donors (Lipinski definition) is 2. The number of alkyl carbamates (subject to hydrolysis) is 1. The first-order valence-corrected chi connectivity index (χ1v) is 8.39. The maximum Gasteiger partial charge on any atom is 0.407 e. The summed E-state index contributed by atoms with van der Waals surface area (Å²) in [6.45, 7) is 5.95. The Hall–Kier alpha value is -2.40. The van der Waals surface area contributed by atoms with E-state index in [1.54, 1.807) is 18.2 Å². The molecule has 2 aromatic rings. The second kappa shape index (κ2) is 8.12. The van der Waals surface area contributed by atoms with E-state index >= 15 is 0 Å². The molecule has 1 amide bonds. The lowest BCUT2D eigenvalue weighted by Crippen LogP contribution is -2.33. The molecule has 0 heterocycles. The van der Waals surface area contributed by atoms with Crippen LogP contribution in [0.15, 0.2) is 42.5 Å². The van der Waals surface area contributed by atoms with Gasteiger partial charge < -0.3 is 20.5 Å². The summed E-state index contributed by atoms with van der Waals surface area (Å²) in [4.78, 5) is 11.6. The van der Waals surface area contributed by atoms with Crippen molar-refractivity contribution in [3.05, 3.63) is 53.1 Å². The molecule has 6 heteroatoms. The lowest BCUT2D eigenvalue weighted by molar-refractivity contribution is 0.0528. The van der Waals surface area contributed by atoms with Crippen molar-refractivity contribution in [3.63, 3.8) is 0 Å². The number of carbonyl (C=O) groups excluding carboxylic acids is 1. The van der Waals surface area contributed by atoms with E-state index in [9.17, 15) is 4.79 Å². The highest BCUT2D eigenvalue weighted by Gasteiger charge is 2.15. The molecule has 2 rings (SSSR count). The summed E-state index contributed by atoms with van der Waals surface area (Å²) in [6, 6.07) is 12.7. The minimum absolute atomic E-state index is 0.424. The molecule has 5 nitrogen and oxygen atoms in total. The van der Waals surface area contributed by atoms with Gasteiger partial charge in [0.25, 0.3) is 0 Å². The van der Waals surface area contributed by atoms with Crippen LogP contribution in [-0.4, -0.2) is 18.2 Å². The molecule has 134 valence electrons. The average molecular weight is 363 g/mol. The van der Waals surface area contributed by atoms with Crippen molar-refractivity contribution in [1.29, 1.82) is 0 Å². The van der Waals surface area contributed by atoms with Gasteiger partial charge >= 0.3 is 6.09 Å². The van der Waals surface area contributed by atoms with Gasteiger partial charge in [-0.3, -0.25) is 0 Å². The molecule has 0 fully saturated rings. The van der Waals surface area contributed by atoms with Crippen LogP contribution in [0.25, 0.3) is 0 Å². The minimum atomic E-state index is -0.505. The van der Waals surface area contributed by atoms with Crippen LogP contribution >= 0.6 is 11.6 Å². The van der Waals surface area contributed by atoms with Gasteiger partial charge in [0.15, 0.2) is 5.75 Å². The number of ether oxygens (including phenoxy) is 2. The molecule has 0 saturated heterocycles. The summed E-state index contributed by atoms with van der Waals surface area (Å²) < 4.78 is 11.0. The Balaban J connectivity index is 1.93. The molecule has 0 bridgehead atoms. The van der Waals surface area contributed by atoms with E-state index in [0.717, 1.165) is 5.56 Å². The number of amides is 1. The fourth-order valence-electron chi connectivity index (χ4n) is 2.11. The van der Waals surface area contributed by atoms with Crippen molar-refractivity contribution < 1.29 is 14.3 Å². The summed E-state index contributed by atoms with van der Waals surface area (Å²) in [5, 5.41) is 3.29. The number of carbonyl (C=O) groups is 1. The van der Waals surface area contributed by atoms with Gasteiger partial charge in [-0.2, -0.15) is 0 Å². The first kappa shape index (κ1) is 18.9. The minimum Gasteiger partial charge on any atom is -0.455 e. The largest absolute Gasteiger partial charge is 0.455 e. The summed E-state index contributed by atoms with van der Waals surface area (Å²) >= 11 is 5.97. The zero-order valence-corrected chi connectivity index (χ0v) is 15.4. The Kier molecular flexibility index (Phi) is 6.15. The molecule has 0 atom stereocenters. The van der Waals surface area contributed by atoms with Crippen LogP contribution < -0.4 is 15.8 Å². The van der Waals surface area contributed by atoms with Crippen LogP contribution in [-0.2, 0) is 11.2 Å². The Morgan fingerprint density at radius 3 is 2.68 bits per heavy atom. The van der Waals surface area contributed by atoms with Gasteiger partial charge in [-0.15, -0.1) is 0 Å². The molecule has 0 aliphatic carbocycles. The Labute approximate surface area is 153 Å². The normalized spacial score (nSPS) is 11.0. The molecule has 0 spiro atoms. The summed E-state index contributed by atoms with van der Waals surface area (Å²) in [5.74, 6) is 1.17. The highest BCUT2D eigenvalue weighted by molar-refractivity contribution is 6.30. The molecular weight excluding hydrogens is 340 g/mol. The molecule has 3 N–H and O–H groups in total. The first-order valence-electron chi connectivity index (χ1n) is 8.01. The number of halogens is 1. The highest BCUT2D eigenvalue weighted by atomic mass is 35.5. The second-order valence-corrected chi connectivity index (χ2v) is 7.05. The SMILES string of the molecule is CC(C)(C)OC(=O)NCCc1cccc(Oc2cc(Cl)ccc2N)c1. The molecule has 0 aromatic heterocycles. The number of hydrogen-bond acceptors (Lipinski definition) is 4. The Morgan fingerprint density at radius 1 is 1.20 bits per heavy atom. The summed E-state index contributed by atoms with van der Waals surface area (Å²) in [7, 11) is 0. The van der Waals surface area contributed by atoms with Crippen LogP contribution in [0.2, 0.25) is 5.02 Å². The smallest absolute Gasteiger partial charge is 0.407 e. The van der Waals surface area contributed by atoms with Crippen molar-refractivity contribution in [2.24, 2.45) is 0 Å². The van der Waals surface area contributed by atoms with Crippen molar-refractivity contribution in [2.75, 3.05) is 12.3 Å². The van der Waals surface area contributed by atoms with Gasteiger partial charge in [0.05, 0.1) is 5.69 Å². The van der Waals surface area contributed by atoms with Crippen LogP contribution in [0, 0.1) is 0 Å². The van der Waals surface area contributed by atoms with Gasteiger partial charge in [0.2, 0.25) is 0 Å². The van der Waals surface area contributed by atoms with Crippen molar-refractivity contribution in [1.82, 2.24) is 5.32 Å². The number of rotatable bonds is 5. The molecular formula is C19H23ClN2O3. The van der Waals surface area contributed by atoms with E-state index in [0.29, 0.717) is 35.2 Å². The molecule has 0 unspecified atom stereocenters. The lowest BCUT2D eigenvalue weighted by atomic mass is 10.1. The van der Waals surface area contributed by atoms with Gasteiger partial charge in [0.1, 0.15) is 11.4 Å². The lowest BCUT2D eigenvalue weighted by Gasteiger charge is -2.19. The van der Waals surface area contributed by atoms with Gasteiger partial charge in [-0.05, 0) is 57.0 Å². The van der Waals surface area contributed by atoms with Crippen LogP contribution in [0.3, 0.4) is 0 Å². The van der Waals surface area contributed by atoms with Gasteiger partial charge in [-0.25, -0.2) is 4.79 Å². The van der Waals surface area contributed by atoms with E-state index < -0.39 is 11.7 Å². The maximum absolute atomic E-state index is 11.6. The third-order valence-electron chi connectivity index (χ3n) is 3.18. The van der Waals surface area contributed by atoms with Crippen LogP contribution in [0.1, 0.15) is 26.3 Å². The summed E-state index contributed by atoms with van der Waals surface area (Å²) in [5.41, 5.74) is 6.93. The average Bonchev–Trinajstić information content (AvgIpc) is 2.49. The van der Waals surface area contributed by atoms with Crippen LogP contribution in [0.5, 0.6) is 11.5 Å². The zero-order chi connectivity index (χ0) is 18.4. The molecule has 0 saturated carbocycles. The first-order chi connectivity index (χ1) is 11.7. The standard InChI is InChI=1S/C19H23ClN2O3/c1-19(2,3)25-18(23)22-10-9-13-5-4-6-15(11-13)24-17-12-14(20)7-8-16(17)21/h4-8,11-12H,9-10,21H2,1-3H3,(H,22,23). The molecule has 0 radical (unpaired) electrons. The number of nitrogens with two attached hydrogens (primary N) is 1. The quantitative estimate of drug-likeness (QED) is 0.750. The molecule has 25 heavy (non-hydrogen) atoms. The maximum atomic E-state index is 11.6. The van der Waals surface area contributed by atoms with Crippen molar-refractivity contribution in [2.45, 2.75) is 32.8 Å². The topological polar surface area (TPSA) is 73.6 Å². The third kappa shape index (κ3) is 6.55.